The van der Waals surface area contributed by atoms with E-state index in [1.54, 1.807) is 0 Å². The van der Waals surface area contributed by atoms with Crippen molar-refractivity contribution in [1.29, 1.82) is 5.26 Å². The summed E-state index contributed by atoms with van der Waals surface area (Å²) in [6.07, 6.45) is 2.24. The Kier molecular flexibility index (Phi) is 4.54. The third kappa shape index (κ3) is 3.55. The average Bonchev–Trinajstić information content (AvgIpc) is 1.88. The van der Waals surface area contributed by atoms with Crippen LogP contribution < -0.4 is 0 Å². The van der Waals surface area contributed by atoms with Crippen molar-refractivity contribution in [2.75, 3.05) is 0 Å². The Balaban J connectivity index is 3.48. The molecule has 0 radical (unpaired) electrons. The summed E-state index contributed by atoms with van der Waals surface area (Å²) in [4.78, 5) is 3.30. The molecule has 0 aromatic carbocycles. The first-order valence-electron chi connectivity index (χ1n) is 3.08. The molecule has 0 N–H and O–H groups in total. The van der Waals surface area contributed by atoms with Crippen molar-refractivity contribution >= 4 is 0 Å². The molecular weight excluding hydrogens is 112 g/mol. The van der Waals surface area contributed by atoms with E-state index in [0.29, 0.717) is 6.42 Å². The maximum Gasteiger partial charge on any atom is 0.236 e. The Bertz CT molecular complexity index is 138. The van der Waals surface area contributed by atoms with E-state index in [1.165, 1.54) is 0 Å². The van der Waals surface area contributed by atoms with Gasteiger partial charge in [0.15, 0.2) is 0 Å². The van der Waals surface area contributed by atoms with Gasteiger partial charge in [0, 0.05) is 6.42 Å². The van der Waals surface area contributed by atoms with E-state index in [1.807, 2.05) is 13.0 Å². The Labute approximate surface area is 55.9 Å². The van der Waals surface area contributed by atoms with Crippen molar-refractivity contribution in [3.05, 3.63) is 11.4 Å². The molecule has 0 spiro atoms. The van der Waals surface area contributed by atoms with Crippen molar-refractivity contribution in [1.82, 2.24) is 0 Å². The predicted molar refractivity (Wildman–Crippen MR) is 35.5 cm³/mol. The maximum atomic E-state index is 8.20. The van der Waals surface area contributed by atoms with Crippen LogP contribution in [0.1, 0.15) is 26.2 Å². The van der Waals surface area contributed by atoms with Gasteiger partial charge in [-0.15, -0.1) is 0 Å². The number of nitriles is 1. The first-order chi connectivity index (χ1) is 4.35. The molecule has 0 fully saturated rings. The fourth-order valence-electron chi connectivity index (χ4n) is 0.651. The lowest BCUT2D eigenvalue weighted by atomic mass is 10.1. The zero-order chi connectivity index (χ0) is 7.11. The Morgan fingerprint density at radius 1 is 1.78 bits per heavy atom. The second-order valence-electron chi connectivity index (χ2n) is 1.93. The van der Waals surface area contributed by atoms with Crippen LogP contribution in [0.2, 0.25) is 0 Å². The molecule has 2 nitrogen and oxygen atoms in total. The van der Waals surface area contributed by atoms with Gasteiger partial charge < -0.3 is 4.85 Å². The Morgan fingerprint density at radius 2 is 2.44 bits per heavy atom. The van der Waals surface area contributed by atoms with Crippen molar-refractivity contribution in [2.45, 2.75) is 32.2 Å². The number of hydrogen-bond donors (Lipinski definition) is 0. The molecule has 1 atom stereocenters. The molecular formula is C7H10N2. The molecule has 0 saturated heterocycles. The van der Waals surface area contributed by atoms with Gasteiger partial charge in [-0.3, -0.25) is 0 Å². The highest BCUT2D eigenvalue weighted by Crippen LogP contribution is 2.04. The topological polar surface area (TPSA) is 28.1 Å². The van der Waals surface area contributed by atoms with Crippen LogP contribution >= 0.6 is 0 Å². The van der Waals surface area contributed by atoms with Crippen molar-refractivity contribution in [3.8, 4) is 6.07 Å². The largest absolute Gasteiger partial charge is 0.313 e. The van der Waals surface area contributed by atoms with Crippen LogP contribution in [0.4, 0.5) is 0 Å². The second-order valence-corrected chi connectivity index (χ2v) is 1.93. The molecule has 0 aliphatic carbocycles. The van der Waals surface area contributed by atoms with Gasteiger partial charge in [0.25, 0.3) is 0 Å². The molecule has 9 heavy (non-hydrogen) atoms. The molecule has 0 aromatic rings. The molecule has 0 bridgehead atoms. The van der Waals surface area contributed by atoms with Gasteiger partial charge in [0.05, 0.1) is 6.07 Å². The van der Waals surface area contributed by atoms with E-state index in [0.717, 1.165) is 12.8 Å². The van der Waals surface area contributed by atoms with Gasteiger partial charge in [-0.1, -0.05) is 6.92 Å². The fraction of sp³-hybridized carbons (Fsp3) is 0.714. The summed E-state index contributed by atoms with van der Waals surface area (Å²) in [5.41, 5.74) is 0. The lowest BCUT2D eigenvalue weighted by Gasteiger charge is -1.94. The monoisotopic (exact) mass is 122 g/mol. The van der Waals surface area contributed by atoms with Gasteiger partial charge in [0.1, 0.15) is 6.42 Å². The molecule has 0 aromatic heterocycles. The minimum atomic E-state index is -0.0556. The lowest BCUT2D eigenvalue weighted by Crippen LogP contribution is -1.98. The smallest absolute Gasteiger partial charge is 0.236 e. The number of hydrogen-bond acceptors (Lipinski definition) is 1. The molecule has 2 heteroatoms. The van der Waals surface area contributed by atoms with Gasteiger partial charge in [-0.05, 0) is 6.42 Å². The molecule has 0 aliphatic heterocycles. The van der Waals surface area contributed by atoms with E-state index in [-0.39, 0.29) is 6.04 Å². The summed E-state index contributed by atoms with van der Waals surface area (Å²) in [6, 6.07) is 1.93. The average molecular weight is 122 g/mol. The van der Waals surface area contributed by atoms with Crippen LogP contribution in [-0.2, 0) is 0 Å². The Hall–Kier alpha value is -1.02. The standard InChI is InChI=1S/C7H10N2/c1-3-4-7(9-2)5-6-8/h7H,3-5H2,1H3. The maximum absolute atomic E-state index is 8.20. The molecule has 0 aliphatic rings. The van der Waals surface area contributed by atoms with Crippen molar-refractivity contribution in [3.63, 3.8) is 0 Å². The summed E-state index contributed by atoms with van der Waals surface area (Å²) in [6.45, 7) is 8.66. The van der Waals surface area contributed by atoms with E-state index >= 15 is 0 Å². The van der Waals surface area contributed by atoms with Gasteiger partial charge in [0.2, 0.25) is 6.04 Å². The highest BCUT2D eigenvalue weighted by Gasteiger charge is 2.08. The molecule has 0 rings (SSSR count). The second kappa shape index (κ2) is 5.12. The highest BCUT2D eigenvalue weighted by atomic mass is 14.7. The predicted octanol–water partition coefficient (Wildman–Crippen LogP) is 1.99. The van der Waals surface area contributed by atoms with E-state index in [4.69, 9.17) is 11.8 Å². The van der Waals surface area contributed by atoms with Crippen LogP contribution in [0, 0.1) is 17.9 Å². The zero-order valence-corrected chi connectivity index (χ0v) is 5.59. The van der Waals surface area contributed by atoms with Gasteiger partial charge >= 0.3 is 0 Å². The van der Waals surface area contributed by atoms with Gasteiger partial charge in [-0.25, -0.2) is 6.57 Å². The first kappa shape index (κ1) is 7.98. The highest BCUT2D eigenvalue weighted by molar-refractivity contribution is 4.87. The molecule has 0 heterocycles. The summed E-state index contributed by atoms with van der Waals surface area (Å²) >= 11 is 0. The van der Waals surface area contributed by atoms with Crippen LogP contribution in [-0.4, -0.2) is 6.04 Å². The normalized spacial score (nSPS) is 11.4. The van der Waals surface area contributed by atoms with Crippen LogP contribution in [0.5, 0.6) is 0 Å². The minimum absolute atomic E-state index is 0.0556. The van der Waals surface area contributed by atoms with Crippen LogP contribution in [0.15, 0.2) is 0 Å². The van der Waals surface area contributed by atoms with Crippen LogP contribution in [0.25, 0.3) is 4.85 Å². The summed E-state index contributed by atoms with van der Waals surface area (Å²) in [5, 5.41) is 8.20. The van der Waals surface area contributed by atoms with Crippen molar-refractivity contribution < 1.29 is 0 Å². The lowest BCUT2D eigenvalue weighted by molar-refractivity contribution is 0.686. The third-order valence-corrected chi connectivity index (χ3v) is 1.13. The molecule has 0 amide bonds. The van der Waals surface area contributed by atoms with E-state index in [2.05, 4.69) is 4.85 Å². The summed E-state index contributed by atoms with van der Waals surface area (Å²) in [5.74, 6) is 0. The SMILES string of the molecule is [C-]#[N+]C(CC#N)CCC. The van der Waals surface area contributed by atoms with E-state index in [9.17, 15) is 0 Å². The van der Waals surface area contributed by atoms with E-state index < -0.39 is 0 Å². The fourth-order valence-corrected chi connectivity index (χ4v) is 0.651. The third-order valence-electron chi connectivity index (χ3n) is 1.13. The first-order valence-corrected chi connectivity index (χ1v) is 3.08. The summed E-state index contributed by atoms with van der Waals surface area (Å²) < 4.78 is 0. The number of nitrogens with zero attached hydrogens (tertiary/aromatic N) is 2. The summed E-state index contributed by atoms with van der Waals surface area (Å²) in [7, 11) is 0. The van der Waals surface area contributed by atoms with Crippen LogP contribution in [0.3, 0.4) is 0 Å². The molecule has 1 unspecified atom stereocenters. The number of rotatable bonds is 3. The van der Waals surface area contributed by atoms with Crippen molar-refractivity contribution in [2.24, 2.45) is 0 Å². The molecule has 0 saturated carbocycles. The van der Waals surface area contributed by atoms with Gasteiger partial charge in [-0.2, -0.15) is 5.26 Å². The zero-order valence-electron chi connectivity index (χ0n) is 5.59. The quantitative estimate of drug-likeness (QED) is 0.526. The Morgan fingerprint density at radius 3 is 2.78 bits per heavy atom. The molecule has 48 valence electrons. The minimum Gasteiger partial charge on any atom is -0.313 e.